The first kappa shape index (κ1) is 26.3. The standard InChI is InChI=1S/C27H31BrN4O6/c1-37-21-9-8-19-18(22(21)28)10-12-29-24(19)38-17-13-20-23(33)31-27(25(34)35)14-16(27)7-5-3-2-4-6-11-30-26(36)32(20)15-17/h5,7-10,12,16-17,20H,2-4,6,11,13-15H2,1H3,(H,30,36)(H,31,33)(H,34,35). The summed E-state index contributed by atoms with van der Waals surface area (Å²) in [4.78, 5) is 44.6. The number of aromatic nitrogens is 1. The molecule has 3 N–H and O–H groups in total. The molecular formula is C27H31BrN4O6. The Kier molecular flexibility index (Phi) is 7.47. The third kappa shape index (κ3) is 5.03. The fourth-order valence-electron chi connectivity index (χ4n) is 5.32. The highest BCUT2D eigenvalue weighted by Crippen LogP contribution is 2.45. The Bertz CT molecular complexity index is 1290. The van der Waals surface area contributed by atoms with Crippen molar-refractivity contribution in [3.05, 3.63) is 41.0 Å². The first-order valence-corrected chi connectivity index (χ1v) is 13.7. The lowest BCUT2D eigenvalue weighted by atomic mass is 10.1. The number of carboxylic acid groups (broad SMARTS) is 1. The van der Waals surface area contributed by atoms with Crippen LogP contribution in [0.15, 0.2) is 41.0 Å². The molecular weight excluding hydrogens is 556 g/mol. The van der Waals surface area contributed by atoms with Crippen LogP contribution in [0, 0.1) is 5.92 Å². The number of allylic oxidation sites excluding steroid dienone is 1. The molecule has 1 aromatic carbocycles. The number of rotatable bonds is 4. The number of benzene rings is 1. The molecule has 3 aliphatic rings. The van der Waals surface area contributed by atoms with Crippen molar-refractivity contribution in [2.45, 2.75) is 56.2 Å². The number of ether oxygens (including phenoxy) is 2. The molecule has 2 fully saturated rings. The van der Waals surface area contributed by atoms with Crippen molar-refractivity contribution in [3.8, 4) is 11.6 Å². The maximum absolute atomic E-state index is 13.4. The van der Waals surface area contributed by atoms with Crippen molar-refractivity contribution in [2.24, 2.45) is 5.92 Å². The highest BCUT2D eigenvalue weighted by molar-refractivity contribution is 9.10. The number of pyridine rings is 1. The molecule has 2 aliphatic heterocycles. The Hall–Kier alpha value is -3.34. The van der Waals surface area contributed by atoms with Crippen LogP contribution in [0.5, 0.6) is 11.6 Å². The number of urea groups is 1. The Labute approximate surface area is 228 Å². The fourth-order valence-corrected chi connectivity index (χ4v) is 5.96. The van der Waals surface area contributed by atoms with Crippen molar-refractivity contribution in [1.29, 1.82) is 0 Å². The van der Waals surface area contributed by atoms with Crippen LogP contribution in [0.4, 0.5) is 4.79 Å². The normalized spacial score (nSPS) is 27.8. The highest BCUT2D eigenvalue weighted by Gasteiger charge is 2.61. The molecule has 4 atom stereocenters. The summed E-state index contributed by atoms with van der Waals surface area (Å²) < 4.78 is 12.4. The number of nitrogens with zero attached hydrogens (tertiary/aromatic N) is 2. The van der Waals surface area contributed by atoms with Gasteiger partial charge in [-0.2, -0.15) is 0 Å². The summed E-state index contributed by atoms with van der Waals surface area (Å²) in [5.41, 5.74) is -1.34. The van der Waals surface area contributed by atoms with Crippen LogP contribution >= 0.6 is 15.9 Å². The molecule has 10 nitrogen and oxygen atoms in total. The largest absolute Gasteiger partial charge is 0.496 e. The molecule has 1 saturated heterocycles. The summed E-state index contributed by atoms with van der Waals surface area (Å²) >= 11 is 3.57. The number of carboxylic acids is 1. The first-order chi connectivity index (χ1) is 18.3. The van der Waals surface area contributed by atoms with Crippen molar-refractivity contribution >= 4 is 44.6 Å². The third-order valence-corrected chi connectivity index (χ3v) is 8.38. The molecule has 38 heavy (non-hydrogen) atoms. The van der Waals surface area contributed by atoms with Gasteiger partial charge in [-0.1, -0.05) is 18.6 Å². The van der Waals surface area contributed by atoms with E-state index in [0.29, 0.717) is 24.6 Å². The number of methoxy groups -OCH3 is 1. The first-order valence-electron chi connectivity index (χ1n) is 12.9. The predicted octanol–water partition coefficient (Wildman–Crippen LogP) is 3.63. The topological polar surface area (TPSA) is 130 Å². The lowest BCUT2D eigenvalue weighted by Crippen LogP contribution is -2.54. The van der Waals surface area contributed by atoms with E-state index in [1.807, 2.05) is 30.4 Å². The maximum atomic E-state index is 13.4. The van der Waals surface area contributed by atoms with E-state index in [2.05, 4.69) is 31.5 Å². The minimum absolute atomic E-state index is 0.169. The second-order valence-electron chi connectivity index (χ2n) is 10.0. The van der Waals surface area contributed by atoms with Gasteiger partial charge < -0.3 is 30.1 Å². The molecule has 1 aromatic heterocycles. The summed E-state index contributed by atoms with van der Waals surface area (Å²) in [7, 11) is 1.59. The van der Waals surface area contributed by atoms with Crippen LogP contribution in [0.25, 0.3) is 10.8 Å². The summed E-state index contributed by atoms with van der Waals surface area (Å²) in [5, 5.41) is 17.2. The number of fused-ring (bicyclic) bond motifs is 3. The van der Waals surface area contributed by atoms with E-state index in [4.69, 9.17) is 9.47 Å². The summed E-state index contributed by atoms with van der Waals surface area (Å²) in [6.07, 6.45) is 9.13. The molecule has 0 bridgehead atoms. The van der Waals surface area contributed by atoms with Crippen LogP contribution in [0.1, 0.15) is 38.5 Å². The molecule has 1 aliphatic carbocycles. The number of aliphatic carboxylic acids is 1. The van der Waals surface area contributed by atoms with Crippen molar-refractivity contribution in [2.75, 3.05) is 20.2 Å². The summed E-state index contributed by atoms with van der Waals surface area (Å²) in [6, 6.07) is 4.28. The molecule has 3 amide bonds. The van der Waals surface area contributed by atoms with E-state index in [1.165, 1.54) is 4.90 Å². The minimum atomic E-state index is -1.34. The van der Waals surface area contributed by atoms with E-state index in [0.717, 1.165) is 40.9 Å². The Morgan fingerprint density at radius 3 is 2.84 bits per heavy atom. The van der Waals surface area contributed by atoms with Crippen molar-refractivity contribution in [3.63, 3.8) is 0 Å². The SMILES string of the molecule is COc1ccc2c(OC3CC4C(=O)NC5(C(=O)O)CC5C=CCCCCCNC(=O)N4C3)nccc2c1Br. The number of halogens is 1. The monoisotopic (exact) mass is 586 g/mol. The molecule has 5 rings (SSSR count). The number of hydrogen-bond acceptors (Lipinski definition) is 6. The molecule has 202 valence electrons. The van der Waals surface area contributed by atoms with Crippen molar-refractivity contribution < 1.29 is 29.0 Å². The fraction of sp³-hybridized carbons (Fsp3) is 0.481. The zero-order chi connectivity index (χ0) is 26.9. The lowest BCUT2D eigenvalue weighted by molar-refractivity contribution is -0.144. The quantitative estimate of drug-likeness (QED) is 0.466. The second-order valence-corrected chi connectivity index (χ2v) is 10.8. The molecule has 11 heteroatoms. The Balaban J connectivity index is 1.39. The van der Waals surface area contributed by atoms with E-state index < -0.39 is 29.6 Å². The van der Waals surface area contributed by atoms with Crippen LogP contribution in [0.3, 0.4) is 0 Å². The van der Waals surface area contributed by atoms with E-state index in [9.17, 15) is 19.5 Å². The lowest BCUT2D eigenvalue weighted by Gasteiger charge is -2.25. The average Bonchev–Trinajstić information content (AvgIpc) is 3.43. The summed E-state index contributed by atoms with van der Waals surface area (Å²) in [6.45, 7) is 0.671. The zero-order valence-corrected chi connectivity index (χ0v) is 22.7. The minimum Gasteiger partial charge on any atom is -0.496 e. The zero-order valence-electron chi connectivity index (χ0n) is 21.1. The van der Waals surface area contributed by atoms with Crippen LogP contribution in [-0.2, 0) is 9.59 Å². The van der Waals surface area contributed by atoms with Gasteiger partial charge in [-0.05, 0) is 59.8 Å². The van der Waals surface area contributed by atoms with Gasteiger partial charge in [0.05, 0.1) is 18.1 Å². The number of nitrogens with one attached hydrogen (secondary N) is 2. The summed E-state index contributed by atoms with van der Waals surface area (Å²) in [5.74, 6) is -0.755. The molecule has 3 heterocycles. The van der Waals surface area contributed by atoms with Gasteiger partial charge in [0.25, 0.3) is 0 Å². The third-order valence-electron chi connectivity index (χ3n) is 7.57. The van der Waals surface area contributed by atoms with Crippen LogP contribution in [-0.4, -0.2) is 70.8 Å². The second kappa shape index (κ2) is 10.8. The molecule has 1 saturated carbocycles. The predicted molar refractivity (Wildman–Crippen MR) is 143 cm³/mol. The van der Waals surface area contributed by atoms with Gasteiger partial charge in [-0.15, -0.1) is 0 Å². The van der Waals surface area contributed by atoms with Gasteiger partial charge in [0, 0.05) is 35.9 Å². The van der Waals surface area contributed by atoms with Gasteiger partial charge in [-0.3, -0.25) is 4.79 Å². The van der Waals surface area contributed by atoms with Gasteiger partial charge in [0.1, 0.15) is 23.4 Å². The van der Waals surface area contributed by atoms with Gasteiger partial charge in [0.2, 0.25) is 11.8 Å². The van der Waals surface area contributed by atoms with Gasteiger partial charge >= 0.3 is 12.0 Å². The Morgan fingerprint density at radius 2 is 2.05 bits per heavy atom. The molecule has 0 spiro atoms. The van der Waals surface area contributed by atoms with E-state index in [1.54, 1.807) is 13.3 Å². The van der Waals surface area contributed by atoms with Crippen molar-refractivity contribution in [1.82, 2.24) is 20.5 Å². The number of amides is 3. The van der Waals surface area contributed by atoms with Gasteiger partial charge in [0.15, 0.2) is 0 Å². The smallest absolute Gasteiger partial charge is 0.330 e. The molecule has 2 aromatic rings. The highest BCUT2D eigenvalue weighted by atomic mass is 79.9. The molecule has 4 unspecified atom stereocenters. The number of carbonyl (C=O) groups excluding carboxylic acids is 2. The van der Waals surface area contributed by atoms with Crippen LogP contribution < -0.4 is 20.1 Å². The van der Waals surface area contributed by atoms with Gasteiger partial charge in [-0.25, -0.2) is 14.6 Å². The van der Waals surface area contributed by atoms with Crippen LogP contribution in [0.2, 0.25) is 0 Å². The van der Waals surface area contributed by atoms with E-state index >= 15 is 0 Å². The average molecular weight is 587 g/mol. The van der Waals surface area contributed by atoms with E-state index in [-0.39, 0.29) is 24.9 Å². The Morgan fingerprint density at radius 1 is 1.21 bits per heavy atom. The molecule has 0 radical (unpaired) electrons. The number of carbonyl (C=O) groups is 3. The number of hydrogen-bond donors (Lipinski definition) is 3. The maximum Gasteiger partial charge on any atom is 0.330 e.